The first kappa shape index (κ1) is 14.3. The summed E-state index contributed by atoms with van der Waals surface area (Å²) in [4.78, 5) is 19.1. The number of carbonyl (C=O) groups excluding carboxylic acids is 1. The monoisotopic (exact) mass is 302 g/mol. The largest absolute Gasteiger partial charge is 0.339 e. The lowest BCUT2D eigenvalue weighted by Crippen LogP contribution is -2.32. The number of rotatable bonds is 1. The molecule has 1 fully saturated rings. The van der Waals surface area contributed by atoms with E-state index in [1.54, 1.807) is 6.07 Å². The van der Waals surface area contributed by atoms with Gasteiger partial charge in [-0.25, -0.2) is 4.98 Å². The quantitative estimate of drug-likeness (QED) is 0.741. The molecular weight excluding hydrogens is 284 g/mol. The fraction of sp³-hybridized carbons (Fsp3) is 0.412. The molecule has 2 heterocycles. The fourth-order valence-electron chi connectivity index (χ4n) is 2.96. The smallest absolute Gasteiger partial charge is 0.254 e. The second kappa shape index (κ2) is 6.02. The number of hydrogen-bond donors (Lipinski definition) is 0. The Hall–Kier alpha value is -1.61. The summed E-state index contributed by atoms with van der Waals surface area (Å²) in [7, 11) is 0. The van der Waals surface area contributed by atoms with Gasteiger partial charge >= 0.3 is 0 Å². The summed E-state index contributed by atoms with van der Waals surface area (Å²) in [5.74, 6) is 0.769. The minimum Gasteiger partial charge on any atom is -0.339 e. The molecule has 0 spiro atoms. The molecule has 1 aromatic heterocycles. The molecule has 1 aliphatic rings. The molecule has 0 radical (unpaired) electrons. The van der Waals surface area contributed by atoms with E-state index in [0.717, 1.165) is 36.8 Å². The van der Waals surface area contributed by atoms with Crippen LogP contribution in [0.2, 0.25) is 5.15 Å². The Balaban J connectivity index is 1.97. The summed E-state index contributed by atoms with van der Waals surface area (Å²) < 4.78 is 0. The van der Waals surface area contributed by atoms with Crippen LogP contribution in [0.4, 0.5) is 0 Å². The SMILES string of the molecule is CC1CCCN(C(=O)c2cc(Cl)nc3ccccc23)CC1. The number of hydrogen-bond acceptors (Lipinski definition) is 2. The van der Waals surface area contributed by atoms with Crippen LogP contribution in [0.5, 0.6) is 0 Å². The summed E-state index contributed by atoms with van der Waals surface area (Å²) >= 11 is 6.08. The zero-order valence-corrected chi connectivity index (χ0v) is 12.9. The van der Waals surface area contributed by atoms with E-state index in [4.69, 9.17) is 11.6 Å². The van der Waals surface area contributed by atoms with Gasteiger partial charge in [-0.1, -0.05) is 36.7 Å². The summed E-state index contributed by atoms with van der Waals surface area (Å²) in [6, 6.07) is 9.36. The van der Waals surface area contributed by atoms with Gasteiger partial charge in [0.15, 0.2) is 0 Å². The number of pyridine rings is 1. The first-order valence-corrected chi connectivity index (χ1v) is 7.87. The summed E-state index contributed by atoms with van der Waals surface area (Å²) in [6.45, 7) is 3.92. The number of halogens is 1. The Bertz CT molecular complexity index is 671. The van der Waals surface area contributed by atoms with Crippen molar-refractivity contribution in [3.8, 4) is 0 Å². The lowest BCUT2D eigenvalue weighted by Gasteiger charge is -2.21. The molecule has 0 aliphatic carbocycles. The van der Waals surface area contributed by atoms with Gasteiger partial charge in [0.05, 0.1) is 11.1 Å². The van der Waals surface area contributed by atoms with Crippen molar-refractivity contribution in [1.82, 2.24) is 9.88 Å². The Morgan fingerprint density at radius 1 is 1.29 bits per heavy atom. The number of carbonyl (C=O) groups is 1. The maximum atomic E-state index is 12.9. The lowest BCUT2D eigenvalue weighted by atomic mass is 10.0. The number of nitrogens with zero attached hydrogens (tertiary/aromatic N) is 2. The minimum absolute atomic E-state index is 0.0737. The van der Waals surface area contributed by atoms with Gasteiger partial charge in [-0.15, -0.1) is 0 Å². The van der Waals surface area contributed by atoms with Crippen molar-refractivity contribution in [2.45, 2.75) is 26.2 Å². The van der Waals surface area contributed by atoms with Crippen molar-refractivity contribution in [3.05, 3.63) is 41.0 Å². The molecule has 1 aromatic carbocycles. The zero-order valence-electron chi connectivity index (χ0n) is 12.2. The number of amides is 1. The van der Waals surface area contributed by atoms with E-state index in [2.05, 4.69) is 11.9 Å². The van der Waals surface area contributed by atoms with E-state index in [0.29, 0.717) is 16.6 Å². The molecule has 0 saturated carbocycles. The standard InChI is InChI=1S/C17H19ClN2O/c1-12-5-4-9-20(10-8-12)17(21)14-11-16(18)19-15-7-3-2-6-13(14)15/h2-3,6-7,11-12H,4-5,8-10H2,1H3. The molecule has 1 atom stereocenters. The van der Waals surface area contributed by atoms with Gasteiger partial charge in [0.1, 0.15) is 5.15 Å². The van der Waals surface area contributed by atoms with Crippen LogP contribution in [0.25, 0.3) is 10.9 Å². The lowest BCUT2D eigenvalue weighted by molar-refractivity contribution is 0.0762. The van der Waals surface area contributed by atoms with Gasteiger partial charge < -0.3 is 4.90 Å². The molecule has 4 heteroatoms. The molecule has 1 unspecified atom stereocenters. The van der Waals surface area contributed by atoms with Crippen molar-refractivity contribution in [1.29, 1.82) is 0 Å². The third-order valence-corrected chi connectivity index (χ3v) is 4.41. The molecule has 1 aliphatic heterocycles. The van der Waals surface area contributed by atoms with Crippen molar-refractivity contribution >= 4 is 28.4 Å². The summed E-state index contributed by atoms with van der Waals surface area (Å²) in [6.07, 6.45) is 3.34. The number of para-hydroxylation sites is 1. The Labute approximate surface area is 129 Å². The van der Waals surface area contributed by atoms with Gasteiger partial charge in [0, 0.05) is 18.5 Å². The molecule has 3 rings (SSSR count). The highest BCUT2D eigenvalue weighted by atomic mass is 35.5. The molecule has 0 bridgehead atoms. The summed E-state index contributed by atoms with van der Waals surface area (Å²) in [5.41, 5.74) is 1.44. The highest BCUT2D eigenvalue weighted by Gasteiger charge is 2.22. The van der Waals surface area contributed by atoms with Crippen molar-refractivity contribution < 1.29 is 4.79 Å². The molecule has 110 valence electrons. The molecule has 0 N–H and O–H groups in total. The minimum atomic E-state index is 0.0737. The molecule has 3 nitrogen and oxygen atoms in total. The maximum Gasteiger partial charge on any atom is 0.254 e. The van der Waals surface area contributed by atoms with Crippen molar-refractivity contribution in [2.75, 3.05) is 13.1 Å². The molecule has 1 saturated heterocycles. The van der Waals surface area contributed by atoms with E-state index in [1.807, 2.05) is 29.2 Å². The van der Waals surface area contributed by atoms with Gasteiger partial charge in [-0.2, -0.15) is 0 Å². The Kier molecular flexibility index (Phi) is 4.11. The number of likely N-dealkylation sites (tertiary alicyclic amines) is 1. The maximum absolute atomic E-state index is 12.9. The van der Waals surface area contributed by atoms with Crippen LogP contribution >= 0.6 is 11.6 Å². The molecule has 2 aromatic rings. The second-order valence-electron chi connectivity index (χ2n) is 5.84. The van der Waals surface area contributed by atoms with Crippen LogP contribution in [0.3, 0.4) is 0 Å². The van der Waals surface area contributed by atoms with Crippen LogP contribution in [-0.4, -0.2) is 28.9 Å². The fourth-order valence-corrected chi connectivity index (χ4v) is 3.16. The first-order valence-electron chi connectivity index (χ1n) is 7.49. The van der Waals surface area contributed by atoms with E-state index < -0.39 is 0 Å². The van der Waals surface area contributed by atoms with Gasteiger partial charge in [-0.3, -0.25) is 4.79 Å². The average Bonchev–Trinajstić information content (AvgIpc) is 2.70. The zero-order chi connectivity index (χ0) is 14.8. The van der Waals surface area contributed by atoms with E-state index in [1.165, 1.54) is 6.42 Å². The average molecular weight is 303 g/mol. The van der Waals surface area contributed by atoms with Crippen LogP contribution < -0.4 is 0 Å². The number of benzene rings is 1. The van der Waals surface area contributed by atoms with Crippen molar-refractivity contribution in [2.24, 2.45) is 5.92 Å². The van der Waals surface area contributed by atoms with Gasteiger partial charge in [-0.05, 0) is 37.3 Å². The molecular formula is C17H19ClN2O. The van der Waals surface area contributed by atoms with Crippen LogP contribution in [0.1, 0.15) is 36.5 Å². The van der Waals surface area contributed by atoms with Gasteiger partial charge in [0.2, 0.25) is 0 Å². The second-order valence-corrected chi connectivity index (χ2v) is 6.23. The van der Waals surface area contributed by atoms with E-state index in [-0.39, 0.29) is 5.91 Å². The number of aromatic nitrogens is 1. The summed E-state index contributed by atoms with van der Waals surface area (Å²) in [5, 5.41) is 1.25. The third kappa shape index (κ3) is 3.03. The third-order valence-electron chi connectivity index (χ3n) is 4.22. The normalized spacial score (nSPS) is 19.5. The van der Waals surface area contributed by atoms with Gasteiger partial charge in [0.25, 0.3) is 5.91 Å². The van der Waals surface area contributed by atoms with Crippen LogP contribution in [0.15, 0.2) is 30.3 Å². The Morgan fingerprint density at radius 2 is 2.10 bits per heavy atom. The first-order chi connectivity index (χ1) is 10.1. The Morgan fingerprint density at radius 3 is 2.95 bits per heavy atom. The predicted molar refractivity (Wildman–Crippen MR) is 85.7 cm³/mol. The topological polar surface area (TPSA) is 33.2 Å². The highest BCUT2D eigenvalue weighted by Crippen LogP contribution is 2.24. The molecule has 1 amide bonds. The highest BCUT2D eigenvalue weighted by molar-refractivity contribution is 6.30. The predicted octanol–water partition coefficient (Wildman–Crippen LogP) is 4.15. The number of fused-ring (bicyclic) bond motifs is 1. The van der Waals surface area contributed by atoms with E-state index >= 15 is 0 Å². The van der Waals surface area contributed by atoms with Crippen LogP contribution in [-0.2, 0) is 0 Å². The van der Waals surface area contributed by atoms with Crippen molar-refractivity contribution in [3.63, 3.8) is 0 Å². The van der Waals surface area contributed by atoms with E-state index in [9.17, 15) is 4.79 Å². The molecule has 21 heavy (non-hydrogen) atoms. The van der Waals surface area contributed by atoms with Crippen LogP contribution in [0, 0.1) is 5.92 Å².